The van der Waals surface area contributed by atoms with Crippen molar-refractivity contribution in [2.24, 2.45) is 0 Å². The maximum absolute atomic E-state index is 14.8. The zero-order valence-electron chi connectivity index (χ0n) is 21.1. The van der Waals surface area contributed by atoms with Crippen molar-refractivity contribution in [3.05, 3.63) is 94.8 Å². The number of carbonyl (C=O) groups is 2. The molecule has 2 heterocycles. The Bertz CT molecular complexity index is 1520. The van der Waals surface area contributed by atoms with Crippen LogP contribution >= 0.6 is 0 Å². The predicted octanol–water partition coefficient (Wildman–Crippen LogP) is 5.05. The van der Waals surface area contributed by atoms with Crippen molar-refractivity contribution in [3.8, 4) is 11.5 Å². The Morgan fingerprint density at radius 2 is 1.79 bits per heavy atom. The molecule has 0 bridgehead atoms. The van der Waals surface area contributed by atoms with Gasteiger partial charge in [0.05, 0.1) is 5.56 Å². The minimum atomic E-state index is -0.747. The van der Waals surface area contributed by atoms with Crippen molar-refractivity contribution >= 4 is 17.6 Å². The molecule has 2 aromatic carbocycles. The number of nitrogens with zero attached hydrogens (tertiary/aromatic N) is 4. The summed E-state index contributed by atoms with van der Waals surface area (Å²) in [5.41, 5.74) is 1.77. The molecule has 1 aliphatic carbocycles. The van der Waals surface area contributed by atoms with E-state index in [1.54, 1.807) is 43.6 Å². The van der Waals surface area contributed by atoms with Crippen LogP contribution in [-0.4, -0.2) is 37.6 Å². The van der Waals surface area contributed by atoms with Gasteiger partial charge < -0.3 is 15.2 Å². The van der Waals surface area contributed by atoms with Gasteiger partial charge in [-0.1, -0.05) is 18.2 Å². The zero-order valence-corrected chi connectivity index (χ0v) is 21.1. The summed E-state index contributed by atoms with van der Waals surface area (Å²) in [5, 5.41) is 13.6. The highest BCUT2D eigenvalue weighted by Crippen LogP contribution is 2.41. The Morgan fingerprint density at radius 1 is 1.03 bits per heavy atom. The average Bonchev–Trinajstić information content (AvgIpc) is 3.44. The third kappa shape index (κ3) is 5.15. The van der Waals surface area contributed by atoms with Crippen molar-refractivity contribution < 1.29 is 18.4 Å². The number of rotatable bonds is 7. The first-order chi connectivity index (χ1) is 18.2. The van der Waals surface area contributed by atoms with Gasteiger partial charge in [-0.3, -0.25) is 9.59 Å². The summed E-state index contributed by atoms with van der Waals surface area (Å²) in [6.07, 6.45) is 2.32. The first-order valence-corrected chi connectivity index (χ1v) is 12.3. The standard InChI is InChI=1S/C28H26F2N6O2/c1-15(2)36-14-31-35-26(36)23-5-4-6-25(32-23)34-28(38)21-12-19(16(3)11-22(21)30)27(37)33-24-13-20(24)17-7-9-18(29)10-8-17/h4-12,14-15,20,24H,13H2,1-3H3,(H,33,37)(H,32,34,38). The highest BCUT2D eigenvalue weighted by molar-refractivity contribution is 6.06. The number of amides is 2. The Labute approximate surface area is 218 Å². The molecule has 2 unspecified atom stereocenters. The highest BCUT2D eigenvalue weighted by atomic mass is 19.1. The summed E-state index contributed by atoms with van der Waals surface area (Å²) >= 11 is 0. The molecule has 2 aromatic heterocycles. The Kier molecular flexibility index (Phi) is 6.71. The molecule has 0 spiro atoms. The second kappa shape index (κ2) is 10.1. The number of halogens is 2. The molecule has 10 heteroatoms. The molecule has 8 nitrogen and oxygen atoms in total. The van der Waals surface area contributed by atoms with E-state index in [1.807, 2.05) is 18.4 Å². The van der Waals surface area contributed by atoms with E-state index in [2.05, 4.69) is 25.8 Å². The van der Waals surface area contributed by atoms with Gasteiger partial charge in [0.2, 0.25) is 0 Å². The van der Waals surface area contributed by atoms with Gasteiger partial charge in [-0.25, -0.2) is 13.8 Å². The van der Waals surface area contributed by atoms with Crippen molar-refractivity contribution in [1.82, 2.24) is 25.1 Å². The quantitative estimate of drug-likeness (QED) is 0.358. The lowest BCUT2D eigenvalue weighted by atomic mass is 10.0. The van der Waals surface area contributed by atoms with E-state index in [0.29, 0.717) is 17.1 Å². The molecule has 0 aliphatic heterocycles. The van der Waals surface area contributed by atoms with Gasteiger partial charge in [0, 0.05) is 23.6 Å². The highest BCUT2D eigenvalue weighted by Gasteiger charge is 2.39. The summed E-state index contributed by atoms with van der Waals surface area (Å²) in [6.45, 7) is 5.58. The fourth-order valence-corrected chi connectivity index (χ4v) is 4.39. The lowest BCUT2D eigenvalue weighted by molar-refractivity contribution is 0.0949. The summed E-state index contributed by atoms with van der Waals surface area (Å²) in [5.74, 6) is -1.37. The van der Waals surface area contributed by atoms with Crippen LogP contribution in [0.5, 0.6) is 0 Å². The largest absolute Gasteiger partial charge is 0.349 e. The van der Waals surface area contributed by atoms with E-state index >= 15 is 0 Å². The molecule has 5 rings (SSSR count). The van der Waals surface area contributed by atoms with Crippen LogP contribution in [0.3, 0.4) is 0 Å². The van der Waals surface area contributed by atoms with Gasteiger partial charge >= 0.3 is 0 Å². The number of benzene rings is 2. The minimum absolute atomic E-state index is 0.0860. The van der Waals surface area contributed by atoms with Crippen LogP contribution in [0.25, 0.3) is 11.5 Å². The van der Waals surface area contributed by atoms with Crippen molar-refractivity contribution in [2.45, 2.75) is 45.2 Å². The second-order valence-electron chi connectivity index (χ2n) is 9.64. The van der Waals surface area contributed by atoms with Gasteiger partial charge in [0.1, 0.15) is 29.5 Å². The molecule has 4 aromatic rings. The van der Waals surface area contributed by atoms with E-state index in [1.165, 1.54) is 24.3 Å². The van der Waals surface area contributed by atoms with Gasteiger partial charge in [-0.15, -0.1) is 10.2 Å². The van der Waals surface area contributed by atoms with E-state index in [0.717, 1.165) is 12.0 Å². The van der Waals surface area contributed by atoms with E-state index < -0.39 is 17.6 Å². The summed E-state index contributed by atoms with van der Waals surface area (Å²) < 4.78 is 29.9. The average molecular weight is 517 g/mol. The normalized spacial score (nSPS) is 16.4. The lowest BCUT2D eigenvalue weighted by Gasteiger charge is -2.12. The summed E-state index contributed by atoms with van der Waals surface area (Å²) in [4.78, 5) is 30.4. The SMILES string of the molecule is Cc1cc(F)c(C(=O)Nc2cccc(-c3nncn3C(C)C)n2)cc1C(=O)NC1CC1c1ccc(F)cc1. The van der Waals surface area contributed by atoms with Gasteiger partial charge in [-0.05, 0) is 74.7 Å². The topological polar surface area (TPSA) is 102 Å². The third-order valence-electron chi connectivity index (χ3n) is 6.56. The minimum Gasteiger partial charge on any atom is -0.349 e. The van der Waals surface area contributed by atoms with Gasteiger partial charge in [0.25, 0.3) is 11.8 Å². The molecule has 1 saturated carbocycles. The Morgan fingerprint density at radius 3 is 2.53 bits per heavy atom. The summed E-state index contributed by atoms with van der Waals surface area (Å²) in [7, 11) is 0. The number of hydrogen-bond donors (Lipinski definition) is 2. The van der Waals surface area contributed by atoms with Crippen LogP contribution in [0.4, 0.5) is 14.6 Å². The molecule has 1 fully saturated rings. The van der Waals surface area contributed by atoms with Crippen LogP contribution in [0.2, 0.25) is 0 Å². The number of carbonyl (C=O) groups excluding carboxylic acids is 2. The van der Waals surface area contributed by atoms with Crippen LogP contribution in [0.1, 0.15) is 64.1 Å². The number of hydrogen-bond acceptors (Lipinski definition) is 5. The first-order valence-electron chi connectivity index (χ1n) is 12.3. The smallest absolute Gasteiger partial charge is 0.259 e. The van der Waals surface area contributed by atoms with Crippen molar-refractivity contribution in [1.29, 1.82) is 0 Å². The van der Waals surface area contributed by atoms with Crippen LogP contribution < -0.4 is 10.6 Å². The van der Waals surface area contributed by atoms with E-state index in [-0.39, 0.29) is 40.8 Å². The lowest BCUT2D eigenvalue weighted by Crippen LogP contribution is -2.28. The second-order valence-corrected chi connectivity index (χ2v) is 9.64. The third-order valence-corrected chi connectivity index (χ3v) is 6.56. The number of pyridine rings is 1. The molecule has 2 amide bonds. The maximum atomic E-state index is 14.8. The molecule has 2 N–H and O–H groups in total. The Hall–Kier alpha value is -4.47. The van der Waals surface area contributed by atoms with Gasteiger partial charge in [-0.2, -0.15) is 0 Å². The molecule has 194 valence electrons. The fraction of sp³-hybridized carbons (Fsp3) is 0.250. The van der Waals surface area contributed by atoms with E-state index in [4.69, 9.17) is 0 Å². The molecule has 0 radical (unpaired) electrons. The molecule has 0 saturated heterocycles. The molecular formula is C28H26F2N6O2. The molecule has 1 aliphatic rings. The zero-order chi connectivity index (χ0) is 27.0. The Balaban J connectivity index is 1.31. The maximum Gasteiger partial charge on any atom is 0.259 e. The number of nitrogens with one attached hydrogen (secondary N) is 2. The van der Waals surface area contributed by atoms with Crippen molar-refractivity contribution in [3.63, 3.8) is 0 Å². The van der Waals surface area contributed by atoms with Gasteiger partial charge in [0.15, 0.2) is 5.82 Å². The van der Waals surface area contributed by atoms with Crippen molar-refractivity contribution in [2.75, 3.05) is 5.32 Å². The molecular weight excluding hydrogens is 490 g/mol. The van der Waals surface area contributed by atoms with Crippen LogP contribution in [-0.2, 0) is 0 Å². The number of aryl methyl sites for hydroxylation is 1. The van der Waals surface area contributed by atoms with E-state index in [9.17, 15) is 18.4 Å². The number of aromatic nitrogens is 4. The first kappa shape index (κ1) is 25.2. The number of anilines is 1. The summed E-state index contributed by atoms with van der Waals surface area (Å²) in [6, 6.07) is 13.6. The monoisotopic (exact) mass is 516 g/mol. The fourth-order valence-electron chi connectivity index (χ4n) is 4.39. The van der Waals surface area contributed by atoms with Crippen LogP contribution in [0, 0.1) is 18.6 Å². The van der Waals surface area contributed by atoms with Crippen LogP contribution in [0.15, 0.2) is 60.9 Å². The predicted molar refractivity (Wildman–Crippen MR) is 138 cm³/mol. The molecule has 38 heavy (non-hydrogen) atoms. The molecule has 2 atom stereocenters.